The molecular formula is C20H21N7OS. The number of nitriles is 1. The van der Waals surface area contributed by atoms with Crippen LogP contribution in [0.15, 0.2) is 30.2 Å². The van der Waals surface area contributed by atoms with Gasteiger partial charge >= 0.3 is 0 Å². The zero-order chi connectivity index (χ0) is 20.4. The monoisotopic (exact) mass is 407 g/mol. The summed E-state index contributed by atoms with van der Waals surface area (Å²) in [4.78, 5) is 21.0. The number of hydrogen-bond acceptors (Lipinski definition) is 8. The molecule has 3 heterocycles. The van der Waals surface area contributed by atoms with Gasteiger partial charge in [-0.15, -0.1) is 11.8 Å². The Morgan fingerprint density at radius 3 is 2.93 bits per heavy atom. The van der Waals surface area contributed by atoms with Crippen molar-refractivity contribution in [3.63, 3.8) is 0 Å². The highest BCUT2D eigenvalue weighted by Crippen LogP contribution is 2.34. The maximum absolute atomic E-state index is 12.3. The van der Waals surface area contributed by atoms with Crippen molar-refractivity contribution >= 4 is 40.6 Å². The third kappa shape index (κ3) is 3.90. The summed E-state index contributed by atoms with van der Waals surface area (Å²) in [6.07, 6.45) is 2.55. The number of carbonyl (C=O) groups excluding carboxylic acids is 1. The van der Waals surface area contributed by atoms with Gasteiger partial charge in [0.1, 0.15) is 17.5 Å². The second-order valence-electron chi connectivity index (χ2n) is 6.83. The molecule has 1 aromatic carbocycles. The molecule has 0 unspecified atom stereocenters. The van der Waals surface area contributed by atoms with Crippen LogP contribution in [0.4, 0.5) is 17.3 Å². The summed E-state index contributed by atoms with van der Waals surface area (Å²) >= 11 is 1.67. The number of thioether (sulfide) groups is 1. The largest absolute Gasteiger partial charge is 0.339 e. The van der Waals surface area contributed by atoms with Gasteiger partial charge in [0.25, 0.3) is 0 Å². The lowest BCUT2D eigenvalue weighted by Crippen LogP contribution is -2.37. The lowest BCUT2D eigenvalue weighted by molar-refractivity contribution is -0.117. The van der Waals surface area contributed by atoms with Crippen molar-refractivity contribution in [3.05, 3.63) is 47.0 Å². The summed E-state index contributed by atoms with van der Waals surface area (Å²) < 4.78 is 0. The number of carbonyl (C=O) groups is 1. The van der Waals surface area contributed by atoms with Crippen molar-refractivity contribution in [2.24, 2.45) is 0 Å². The predicted molar refractivity (Wildman–Crippen MR) is 115 cm³/mol. The van der Waals surface area contributed by atoms with Crippen LogP contribution in [0, 0.1) is 18.3 Å². The maximum atomic E-state index is 12.3. The first kappa shape index (κ1) is 19.2. The van der Waals surface area contributed by atoms with Gasteiger partial charge in [-0.2, -0.15) is 5.26 Å². The van der Waals surface area contributed by atoms with Gasteiger partial charge in [0.05, 0.1) is 23.1 Å². The Kier molecular flexibility index (Phi) is 5.38. The Hall–Kier alpha value is -3.09. The van der Waals surface area contributed by atoms with E-state index < -0.39 is 0 Å². The van der Waals surface area contributed by atoms with Gasteiger partial charge in [0, 0.05) is 17.8 Å². The summed E-state index contributed by atoms with van der Waals surface area (Å²) in [7, 11) is 0. The van der Waals surface area contributed by atoms with Crippen LogP contribution in [0.2, 0.25) is 0 Å². The summed E-state index contributed by atoms with van der Waals surface area (Å²) in [6.45, 7) is 3.94. The molecule has 4 N–H and O–H groups in total. The fourth-order valence-electron chi connectivity index (χ4n) is 3.19. The predicted octanol–water partition coefficient (Wildman–Crippen LogP) is 2.68. The number of fused-ring (bicyclic) bond motifs is 1. The Morgan fingerprint density at radius 1 is 1.38 bits per heavy atom. The number of aromatic nitrogens is 2. The van der Waals surface area contributed by atoms with Gasteiger partial charge in [-0.05, 0) is 36.6 Å². The molecule has 0 aliphatic carbocycles. The van der Waals surface area contributed by atoms with Crippen molar-refractivity contribution in [1.82, 2.24) is 15.3 Å². The van der Waals surface area contributed by atoms with Crippen LogP contribution in [0.3, 0.4) is 0 Å². The average molecular weight is 408 g/mol. The van der Waals surface area contributed by atoms with E-state index in [9.17, 15) is 10.1 Å². The Labute approximate surface area is 173 Å². The van der Waals surface area contributed by atoms with Crippen LogP contribution < -0.4 is 21.3 Å². The second-order valence-corrected chi connectivity index (χ2v) is 7.86. The number of nitrogens with one attached hydrogen (secondary N) is 4. The van der Waals surface area contributed by atoms with Crippen molar-refractivity contribution < 1.29 is 4.79 Å². The van der Waals surface area contributed by atoms with Gasteiger partial charge in [-0.25, -0.2) is 9.97 Å². The van der Waals surface area contributed by atoms with Crippen molar-refractivity contribution in [2.75, 3.05) is 27.6 Å². The SMILES string of the molecule is CCc1ccc2c(c1)N/C(=C(\C#N)c1nc(NC(=O)[C@H]3CSCN3)ncc1C)N2. The number of anilines is 3. The van der Waals surface area contributed by atoms with Crippen molar-refractivity contribution in [2.45, 2.75) is 26.3 Å². The molecule has 2 aliphatic heterocycles. The van der Waals surface area contributed by atoms with E-state index in [1.54, 1.807) is 18.0 Å². The summed E-state index contributed by atoms with van der Waals surface area (Å²) in [6, 6.07) is 8.09. The minimum Gasteiger partial charge on any atom is -0.339 e. The first-order valence-corrected chi connectivity index (χ1v) is 10.5. The zero-order valence-electron chi connectivity index (χ0n) is 16.2. The molecule has 4 rings (SSSR count). The molecule has 0 saturated carbocycles. The molecule has 8 nitrogen and oxygen atoms in total. The number of hydrogen-bond donors (Lipinski definition) is 4. The Morgan fingerprint density at radius 2 is 2.21 bits per heavy atom. The van der Waals surface area contributed by atoms with Crippen LogP contribution in [-0.2, 0) is 11.2 Å². The normalized spacial score (nSPS) is 19.0. The minimum absolute atomic E-state index is 0.174. The molecule has 2 aliphatic rings. The van der Waals surface area contributed by atoms with Crippen molar-refractivity contribution in [1.29, 1.82) is 5.26 Å². The fraction of sp³-hybridized carbons (Fsp3) is 0.300. The van der Waals surface area contributed by atoms with E-state index in [2.05, 4.69) is 56.4 Å². The zero-order valence-corrected chi connectivity index (χ0v) is 17.0. The topological polar surface area (TPSA) is 115 Å². The first-order chi connectivity index (χ1) is 14.1. The number of nitrogens with zero attached hydrogens (tertiary/aromatic N) is 3. The van der Waals surface area contributed by atoms with Gasteiger partial charge in [0.15, 0.2) is 0 Å². The van der Waals surface area contributed by atoms with Crippen molar-refractivity contribution in [3.8, 4) is 6.07 Å². The lowest BCUT2D eigenvalue weighted by Gasteiger charge is -2.12. The van der Waals surface area contributed by atoms with E-state index in [0.29, 0.717) is 22.8 Å². The third-order valence-corrected chi connectivity index (χ3v) is 5.79. The van der Waals surface area contributed by atoms with E-state index >= 15 is 0 Å². The highest BCUT2D eigenvalue weighted by atomic mass is 32.2. The Bertz CT molecular complexity index is 1040. The van der Waals surface area contributed by atoms with Gasteiger partial charge < -0.3 is 10.6 Å². The average Bonchev–Trinajstić information content (AvgIpc) is 3.40. The summed E-state index contributed by atoms with van der Waals surface area (Å²) in [5, 5.41) is 22.2. The smallest absolute Gasteiger partial charge is 0.244 e. The molecule has 9 heteroatoms. The molecule has 1 amide bonds. The van der Waals surface area contributed by atoms with Crippen LogP contribution in [0.1, 0.15) is 23.7 Å². The number of aryl methyl sites for hydroxylation is 2. The highest BCUT2D eigenvalue weighted by Gasteiger charge is 2.25. The summed E-state index contributed by atoms with van der Waals surface area (Å²) in [5.74, 6) is 2.05. The molecule has 1 fully saturated rings. The molecule has 1 aromatic heterocycles. The number of benzene rings is 1. The van der Waals surface area contributed by atoms with Crippen LogP contribution in [-0.4, -0.2) is 33.5 Å². The quantitative estimate of drug-likeness (QED) is 0.572. The van der Waals surface area contributed by atoms with E-state index in [0.717, 1.165) is 29.2 Å². The molecule has 0 spiro atoms. The summed E-state index contributed by atoms with van der Waals surface area (Å²) in [5.41, 5.74) is 4.64. The molecule has 2 aromatic rings. The molecule has 1 atom stereocenters. The molecular weight excluding hydrogens is 386 g/mol. The van der Waals surface area contributed by atoms with Crippen LogP contribution >= 0.6 is 11.8 Å². The molecule has 1 saturated heterocycles. The van der Waals surface area contributed by atoms with E-state index in [-0.39, 0.29) is 17.9 Å². The fourth-order valence-corrected chi connectivity index (χ4v) is 4.13. The third-order valence-electron chi connectivity index (χ3n) is 4.85. The number of rotatable bonds is 4. The van der Waals surface area contributed by atoms with Gasteiger partial charge in [-0.1, -0.05) is 13.0 Å². The van der Waals surface area contributed by atoms with Crippen LogP contribution in [0.5, 0.6) is 0 Å². The molecule has 148 valence electrons. The number of amides is 1. The highest BCUT2D eigenvalue weighted by molar-refractivity contribution is 7.99. The lowest BCUT2D eigenvalue weighted by atomic mass is 10.1. The van der Waals surface area contributed by atoms with E-state index in [1.807, 2.05) is 13.0 Å². The van der Waals surface area contributed by atoms with Gasteiger partial charge in [-0.3, -0.25) is 15.4 Å². The molecule has 29 heavy (non-hydrogen) atoms. The molecule has 0 radical (unpaired) electrons. The standard InChI is InChI=1S/C20H21N7OS/c1-3-12-4-5-14-15(6-12)25-18(24-14)13(7-21)17-11(2)8-22-20(26-17)27-19(28)16-9-29-10-23-16/h4-6,8,16,23-25H,3,9-10H2,1-2H3,(H,22,26,27,28)/b18-13+/t16-/m1/s1. The molecule has 0 bridgehead atoms. The number of allylic oxidation sites excluding steroid dienone is 1. The second kappa shape index (κ2) is 8.11. The minimum atomic E-state index is -0.262. The maximum Gasteiger partial charge on any atom is 0.244 e. The van der Waals surface area contributed by atoms with Gasteiger partial charge in [0.2, 0.25) is 11.9 Å². The van der Waals surface area contributed by atoms with E-state index in [4.69, 9.17) is 0 Å². The first-order valence-electron chi connectivity index (χ1n) is 9.36. The van der Waals surface area contributed by atoms with Crippen LogP contribution in [0.25, 0.3) is 5.57 Å². The van der Waals surface area contributed by atoms with E-state index in [1.165, 1.54) is 5.56 Å². The Balaban J connectivity index is 1.63.